The van der Waals surface area contributed by atoms with Crippen LogP contribution < -0.4 is 10.6 Å². The highest BCUT2D eigenvalue weighted by atomic mass is 19.4. The molecule has 3 aromatic rings. The van der Waals surface area contributed by atoms with Gasteiger partial charge in [-0.1, -0.05) is 6.92 Å². The van der Waals surface area contributed by atoms with Gasteiger partial charge in [0.15, 0.2) is 11.9 Å². The molecule has 1 aliphatic rings. The van der Waals surface area contributed by atoms with E-state index < -0.39 is 48.5 Å². The normalized spacial score (nSPS) is 18.3. The molecular formula is C26H32F5N7O3. The fraction of sp³-hybridized carbons (Fsp3) is 0.577. The SMILES string of the molecule is CC(C)n1nccc1C(=O)N[C@H](c1cn2ncc([C@@H](O)NC(=O)CC(C)C(F)(F)F)cc2n1)C1CCC(F)(F)CC1. The molecule has 2 amide bonds. The summed E-state index contributed by atoms with van der Waals surface area (Å²) in [6.45, 7) is 4.60. The van der Waals surface area contributed by atoms with Gasteiger partial charge < -0.3 is 15.7 Å². The van der Waals surface area contributed by atoms with Gasteiger partial charge in [-0.25, -0.2) is 18.3 Å². The molecule has 1 unspecified atom stereocenters. The monoisotopic (exact) mass is 585 g/mol. The Hall–Kier alpha value is -3.62. The summed E-state index contributed by atoms with van der Waals surface area (Å²) in [7, 11) is 0. The van der Waals surface area contributed by atoms with Crippen LogP contribution in [0, 0.1) is 11.8 Å². The Morgan fingerprint density at radius 1 is 1.15 bits per heavy atom. The Labute approximate surface area is 232 Å². The molecule has 0 aromatic carbocycles. The van der Waals surface area contributed by atoms with E-state index in [9.17, 15) is 36.6 Å². The van der Waals surface area contributed by atoms with Crippen molar-refractivity contribution >= 4 is 17.5 Å². The third-order valence-electron chi connectivity index (χ3n) is 7.25. The molecule has 0 bridgehead atoms. The zero-order valence-corrected chi connectivity index (χ0v) is 22.7. The first-order chi connectivity index (χ1) is 19.1. The summed E-state index contributed by atoms with van der Waals surface area (Å²) in [6.07, 6.45) is -3.18. The minimum absolute atomic E-state index is 0.0707. The van der Waals surface area contributed by atoms with E-state index in [1.165, 1.54) is 29.2 Å². The smallest absolute Gasteiger partial charge is 0.369 e. The maximum Gasteiger partial charge on any atom is 0.392 e. The van der Waals surface area contributed by atoms with Crippen molar-refractivity contribution in [3.63, 3.8) is 0 Å². The third kappa shape index (κ3) is 7.18. The molecule has 0 saturated heterocycles. The molecule has 10 nitrogen and oxygen atoms in total. The van der Waals surface area contributed by atoms with Crippen LogP contribution >= 0.6 is 0 Å². The van der Waals surface area contributed by atoms with Gasteiger partial charge in [0.05, 0.1) is 30.0 Å². The largest absolute Gasteiger partial charge is 0.392 e. The molecule has 41 heavy (non-hydrogen) atoms. The molecular weight excluding hydrogens is 553 g/mol. The highest BCUT2D eigenvalue weighted by Crippen LogP contribution is 2.41. The third-order valence-corrected chi connectivity index (χ3v) is 7.25. The van der Waals surface area contributed by atoms with Gasteiger partial charge >= 0.3 is 6.18 Å². The van der Waals surface area contributed by atoms with Crippen molar-refractivity contribution < 1.29 is 36.6 Å². The molecule has 3 atom stereocenters. The maximum atomic E-state index is 13.9. The van der Waals surface area contributed by atoms with Crippen LogP contribution in [0.2, 0.25) is 0 Å². The summed E-state index contributed by atoms with van der Waals surface area (Å²) in [4.78, 5) is 29.8. The molecule has 0 aliphatic heterocycles. The van der Waals surface area contributed by atoms with Crippen LogP contribution in [0.1, 0.15) is 92.9 Å². The van der Waals surface area contributed by atoms with Crippen molar-refractivity contribution in [3.05, 3.63) is 47.7 Å². The zero-order valence-electron chi connectivity index (χ0n) is 22.7. The summed E-state index contributed by atoms with van der Waals surface area (Å²) in [5, 5.41) is 23.8. The fourth-order valence-electron chi connectivity index (χ4n) is 4.85. The Kier molecular flexibility index (Phi) is 8.66. The molecule has 0 radical (unpaired) electrons. The second-order valence-electron chi connectivity index (χ2n) is 10.8. The Balaban J connectivity index is 1.57. The van der Waals surface area contributed by atoms with Gasteiger partial charge in [-0.2, -0.15) is 23.4 Å². The molecule has 3 heterocycles. The van der Waals surface area contributed by atoms with Crippen LogP contribution in [-0.2, 0) is 4.79 Å². The average Bonchev–Trinajstić information content (AvgIpc) is 3.54. The van der Waals surface area contributed by atoms with Crippen LogP contribution in [0.25, 0.3) is 5.65 Å². The van der Waals surface area contributed by atoms with Gasteiger partial charge in [0.1, 0.15) is 5.69 Å². The number of hydrogen-bond acceptors (Lipinski definition) is 6. The molecule has 4 rings (SSSR count). The lowest BCUT2D eigenvalue weighted by Crippen LogP contribution is -2.38. The molecule has 15 heteroatoms. The first-order valence-corrected chi connectivity index (χ1v) is 13.3. The quantitative estimate of drug-likeness (QED) is 0.251. The second-order valence-corrected chi connectivity index (χ2v) is 10.8. The number of halogens is 5. The number of amides is 2. The predicted molar refractivity (Wildman–Crippen MR) is 136 cm³/mol. The average molecular weight is 586 g/mol. The van der Waals surface area contributed by atoms with Crippen LogP contribution in [0.4, 0.5) is 22.0 Å². The maximum absolute atomic E-state index is 13.9. The Morgan fingerprint density at radius 2 is 1.83 bits per heavy atom. The van der Waals surface area contributed by atoms with Crippen LogP contribution in [0.3, 0.4) is 0 Å². The highest BCUT2D eigenvalue weighted by molar-refractivity contribution is 5.92. The van der Waals surface area contributed by atoms with Crippen molar-refractivity contribution in [1.82, 2.24) is 35.0 Å². The number of carbonyl (C=O) groups is 2. The van der Waals surface area contributed by atoms with Gasteiger partial charge in [-0.05, 0) is 44.7 Å². The molecule has 1 saturated carbocycles. The molecule has 3 N–H and O–H groups in total. The van der Waals surface area contributed by atoms with E-state index in [-0.39, 0.29) is 48.9 Å². The summed E-state index contributed by atoms with van der Waals surface area (Å²) in [5.74, 6) is -6.47. The van der Waals surface area contributed by atoms with Gasteiger partial charge in [0.25, 0.3) is 5.91 Å². The van der Waals surface area contributed by atoms with Crippen molar-refractivity contribution in [1.29, 1.82) is 0 Å². The number of aliphatic hydroxyl groups is 1. The minimum Gasteiger partial charge on any atom is -0.369 e. The topological polar surface area (TPSA) is 126 Å². The molecule has 0 spiro atoms. The number of aliphatic hydroxyl groups excluding tert-OH is 1. The number of alkyl halides is 5. The molecule has 1 fully saturated rings. The van der Waals surface area contributed by atoms with Crippen molar-refractivity contribution in [3.8, 4) is 0 Å². The van der Waals surface area contributed by atoms with Gasteiger partial charge in [-0.15, -0.1) is 0 Å². The lowest BCUT2D eigenvalue weighted by atomic mass is 9.81. The standard InChI is InChI=1S/C26H32F5N7O3/c1-14(2)38-19(6-9-32-38)24(41)36-22(16-4-7-25(27,28)8-5-16)18-13-37-20(34-18)11-17(12-33-37)23(40)35-21(39)10-15(3)26(29,30)31/h6,9,11-16,22-23,40H,4-5,7-8,10H2,1-3H3,(H,35,39)(H,36,41)/t15?,22-,23+/m0/s1. The van der Waals surface area contributed by atoms with Gasteiger partial charge in [0, 0.05) is 37.1 Å². The Morgan fingerprint density at radius 3 is 2.46 bits per heavy atom. The van der Waals surface area contributed by atoms with E-state index >= 15 is 0 Å². The van der Waals surface area contributed by atoms with E-state index in [0.717, 1.165) is 6.92 Å². The summed E-state index contributed by atoms with van der Waals surface area (Å²) in [5.41, 5.74) is 0.934. The number of imidazole rings is 1. The summed E-state index contributed by atoms with van der Waals surface area (Å²) < 4.78 is 69.1. The van der Waals surface area contributed by atoms with Crippen LogP contribution in [-0.4, -0.2) is 53.4 Å². The predicted octanol–water partition coefficient (Wildman–Crippen LogP) is 4.50. The first-order valence-electron chi connectivity index (χ1n) is 13.3. The highest BCUT2D eigenvalue weighted by Gasteiger charge is 2.40. The van der Waals surface area contributed by atoms with Crippen molar-refractivity contribution in [2.45, 2.75) is 83.3 Å². The fourth-order valence-corrected chi connectivity index (χ4v) is 4.85. The lowest BCUT2D eigenvalue weighted by molar-refractivity contribution is -0.174. The number of nitrogens with zero attached hydrogens (tertiary/aromatic N) is 5. The number of fused-ring (bicyclic) bond motifs is 1. The summed E-state index contributed by atoms with van der Waals surface area (Å²) >= 11 is 0. The van der Waals surface area contributed by atoms with Crippen LogP contribution in [0.5, 0.6) is 0 Å². The number of nitrogens with one attached hydrogen (secondary N) is 2. The van der Waals surface area contributed by atoms with Gasteiger partial charge in [-0.3, -0.25) is 14.3 Å². The first kappa shape index (κ1) is 30.3. The molecule has 3 aromatic heterocycles. The van der Waals surface area contributed by atoms with E-state index in [0.29, 0.717) is 11.4 Å². The van der Waals surface area contributed by atoms with E-state index in [1.54, 1.807) is 10.7 Å². The second kappa shape index (κ2) is 11.7. The number of carbonyl (C=O) groups excluding carboxylic acids is 2. The van der Waals surface area contributed by atoms with Crippen LogP contribution in [0.15, 0.2) is 30.7 Å². The lowest BCUT2D eigenvalue weighted by Gasteiger charge is -2.33. The van der Waals surface area contributed by atoms with Gasteiger partial charge in [0.2, 0.25) is 11.8 Å². The van der Waals surface area contributed by atoms with E-state index in [1.807, 2.05) is 13.8 Å². The van der Waals surface area contributed by atoms with E-state index in [2.05, 4.69) is 25.8 Å². The summed E-state index contributed by atoms with van der Waals surface area (Å²) in [6, 6.07) is 2.10. The number of hydrogen-bond donors (Lipinski definition) is 3. The minimum atomic E-state index is -4.55. The molecule has 224 valence electrons. The Bertz CT molecular complexity index is 1380. The van der Waals surface area contributed by atoms with Crippen molar-refractivity contribution in [2.24, 2.45) is 11.8 Å². The molecule has 1 aliphatic carbocycles. The number of aromatic nitrogens is 5. The number of rotatable bonds is 9. The van der Waals surface area contributed by atoms with Crippen molar-refractivity contribution in [2.75, 3.05) is 0 Å². The zero-order chi connectivity index (χ0) is 30.1. The van der Waals surface area contributed by atoms with E-state index in [4.69, 9.17) is 0 Å².